The van der Waals surface area contributed by atoms with E-state index in [2.05, 4.69) is 62.5 Å². The Balaban J connectivity index is 5.03. The van der Waals surface area contributed by atoms with E-state index in [1.54, 1.807) is 0 Å². The van der Waals surface area contributed by atoms with Crippen molar-refractivity contribution in [3.05, 3.63) is 48.6 Å². The number of hydrogen-bond acceptors (Lipinski definition) is 6. The molecule has 0 aliphatic heterocycles. The van der Waals surface area contributed by atoms with E-state index in [0.717, 1.165) is 83.5 Å². The molecule has 0 radical (unpaired) electrons. The van der Waals surface area contributed by atoms with Crippen molar-refractivity contribution in [1.82, 2.24) is 5.32 Å². The average Bonchev–Trinajstić information content (AvgIpc) is 3.38. The van der Waals surface area contributed by atoms with Crippen LogP contribution in [0.25, 0.3) is 0 Å². The molecule has 76 heavy (non-hydrogen) atoms. The molecule has 0 bridgehead atoms. The second-order valence-corrected chi connectivity index (χ2v) is 24.7. The van der Waals surface area contributed by atoms with E-state index in [-0.39, 0.29) is 25.1 Å². The van der Waals surface area contributed by atoms with E-state index in [4.69, 9.17) is 13.8 Å². The first kappa shape index (κ1) is 74.0. The van der Waals surface area contributed by atoms with Gasteiger partial charge in [-0.25, -0.2) is 4.57 Å². The van der Waals surface area contributed by atoms with Gasteiger partial charge in [0.25, 0.3) is 0 Å². The van der Waals surface area contributed by atoms with Gasteiger partial charge < -0.3 is 19.4 Å². The van der Waals surface area contributed by atoms with Gasteiger partial charge in [-0.05, 0) is 83.1 Å². The first-order chi connectivity index (χ1) is 36.9. The first-order valence-corrected chi connectivity index (χ1v) is 34.0. The zero-order valence-corrected chi connectivity index (χ0v) is 51.9. The number of phosphoric ester groups is 1. The van der Waals surface area contributed by atoms with Crippen molar-refractivity contribution in [2.45, 2.75) is 322 Å². The zero-order chi connectivity index (χ0) is 55.7. The number of likely N-dealkylation sites (N-methyl/N-ethyl adjacent to an activating group) is 1. The maximum absolute atomic E-state index is 13.5. The fourth-order valence-corrected chi connectivity index (χ4v) is 10.2. The summed E-state index contributed by atoms with van der Waals surface area (Å²) in [5, 5.41) is 3.05. The molecule has 2 N–H and O–H groups in total. The van der Waals surface area contributed by atoms with Crippen molar-refractivity contribution >= 4 is 19.7 Å². The van der Waals surface area contributed by atoms with Crippen LogP contribution in [0.4, 0.5) is 0 Å². The Labute approximate surface area is 471 Å². The number of carbonyl (C=O) groups excluding carboxylic acids is 2. The van der Waals surface area contributed by atoms with Gasteiger partial charge >= 0.3 is 13.8 Å². The van der Waals surface area contributed by atoms with Gasteiger partial charge in [-0.15, -0.1) is 0 Å². The summed E-state index contributed by atoms with van der Waals surface area (Å²) in [7, 11) is 1.50. The molecule has 1 amide bonds. The highest BCUT2D eigenvalue weighted by Gasteiger charge is 2.30. The topological polar surface area (TPSA) is 111 Å². The summed E-state index contributed by atoms with van der Waals surface area (Å²) >= 11 is 0. The first-order valence-electron chi connectivity index (χ1n) is 32.5. The molecule has 0 heterocycles. The third-order valence-corrected chi connectivity index (χ3v) is 15.5. The van der Waals surface area contributed by atoms with Crippen LogP contribution in [-0.4, -0.2) is 74.3 Å². The Morgan fingerprint density at radius 1 is 0.474 bits per heavy atom. The largest absolute Gasteiger partial charge is 0.472 e. The minimum atomic E-state index is -4.45. The molecule has 10 heteroatoms. The van der Waals surface area contributed by atoms with Crippen LogP contribution < -0.4 is 5.32 Å². The molecule has 0 saturated heterocycles. The minimum Gasteiger partial charge on any atom is -0.456 e. The third-order valence-electron chi connectivity index (χ3n) is 14.5. The molecule has 0 fully saturated rings. The van der Waals surface area contributed by atoms with E-state index in [1.807, 2.05) is 33.3 Å². The molecule has 446 valence electrons. The summed E-state index contributed by atoms with van der Waals surface area (Å²) in [5.74, 6) is -0.505. The van der Waals surface area contributed by atoms with Crippen LogP contribution in [0.2, 0.25) is 0 Å². The maximum Gasteiger partial charge on any atom is 0.472 e. The van der Waals surface area contributed by atoms with Gasteiger partial charge in [-0.1, -0.05) is 262 Å². The minimum absolute atomic E-state index is 0.0393. The number of ether oxygens (including phenoxy) is 1. The van der Waals surface area contributed by atoms with E-state index < -0.39 is 20.0 Å². The molecule has 0 aromatic heterocycles. The van der Waals surface area contributed by atoms with Crippen LogP contribution in [0.1, 0.15) is 310 Å². The number of quaternary nitrogens is 1. The lowest BCUT2D eigenvalue weighted by Gasteiger charge is -2.27. The number of hydrogen-bond donors (Lipinski definition) is 2. The predicted molar refractivity (Wildman–Crippen MR) is 328 cm³/mol. The monoisotopic (exact) mass is 1090 g/mol. The normalized spacial score (nSPS) is 13.9. The zero-order valence-electron chi connectivity index (χ0n) is 51.0. The second kappa shape index (κ2) is 56.3. The number of rotatable bonds is 59. The van der Waals surface area contributed by atoms with Crippen molar-refractivity contribution in [2.75, 3.05) is 40.9 Å². The number of nitrogens with one attached hydrogen (secondary N) is 1. The fraction of sp³-hybridized carbons (Fsp3) is 0.848. The molecule has 0 aliphatic carbocycles. The third kappa shape index (κ3) is 56.7. The number of nitrogens with zero attached hydrogens (tertiary/aromatic N) is 1. The summed E-state index contributed by atoms with van der Waals surface area (Å²) in [4.78, 5) is 37.7. The number of allylic oxidation sites excluding steroid dienone is 7. The molecule has 0 spiro atoms. The highest BCUT2D eigenvalue weighted by molar-refractivity contribution is 7.47. The smallest absolute Gasteiger partial charge is 0.456 e. The lowest BCUT2D eigenvalue weighted by atomic mass is 10.0. The van der Waals surface area contributed by atoms with E-state index >= 15 is 0 Å². The van der Waals surface area contributed by atoms with Crippen molar-refractivity contribution in [1.29, 1.82) is 0 Å². The van der Waals surface area contributed by atoms with Gasteiger partial charge in [0.2, 0.25) is 5.91 Å². The van der Waals surface area contributed by atoms with Crippen molar-refractivity contribution in [3.63, 3.8) is 0 Å². The Hall–Kier alpha value is -2.03. The Bertz CT molecular complexity index is 1440. The number of amides is 1. The van der Waals surface area contributed by atoms with Gasteiger partial charge in [0.15, 0.2) is 0 Å². The molecule has 0 aromatic carbocycles. The summed E-state index contributed by atoms with van der Waals surface area (Å²) in [6.45, 7) is 6.92. The van der Waals surface area contributed by atoms with Crippen LogP contribution in [0.5, 0.6) is 0 Å². The summed E-state index contributed by atoms with van der Waals surface area (Å²) < 4.78 is 30.7. The SMILES string of the molecule is CC/C=C/C/C=C/CCCCCCCCCC(=O)NC(COP(=O)(O)OCC[N+](C)(C)C)C(/C=C\CCCCCCCCCCC)OC(=O)CCCCCCCCCCCCCCCCC/C=C/CCCCCCCC. The molecular formula is C66H126N2O7P+. The van der Waals surface area contributed by atoms with Crippen LogP contribution >= 0.6 is 7.82 Å². The average molecular weight is 1090 g/mol. The second-order valence-electron chi connectivity index (χ2n) is 23.3. The molecule has 0 aromatic rings. The fourth-order valence-electron chi connectivity index (χ4n) is 9.50. The molecule has 9 nitrogen and oxygen atoms in total. The molecule has 3 atom stereocenters. The van der Waals surface area contributed by atoms with Crippen molar-refractivity contribution in [2.24, 2.45) is 0 Å². The van der Waals surface area contributed by atoms with E-state index in [1.165, 1.54) is 193 Å². The van der Waals surface area contributed by atoms with Crippen LogP contribution in [-0.2, 0) is 27.9 Å². The number of phosphoric acid groups is 1. The highest BCUT2D eigenvalue weighted by Crippen LogP contribution is 2.43. The standard InChI is InChI=1S/C66H125N2O7P/c1-7-10-13-16-19-22-25-27-29-30-31-32-33-34-35-36-37-38-39-41-44-47-50-53-56-59-66(70)75-64(57-54-51-48-45-42-24-21-18-15-12-9-3)63(62-74-76(71,72)73-61-60-68(4,5)6)67-65(69)58-55-52-49-46-43-40-28-26-23-20-17-14-11-8-2/h11,14,20,23,27,29,54,57,63-64H,7-10,12-13,15-19,21-22,24-26,28,30-53,55-56,58-62H2,1-6H3,(H-,67,69,71,72)/p+1/b14-11+,23-20+,29-27+,57-54-. The van der Waals surface area contributed by atoms with Crippen LogP contribution in [0.15, 0.2) is 48.6 Å². The van der Waals surface area contributed by atoms with Crippen molar-refractivity contribution in [3.8, 4) is 0 Å². The lowest BCUT2D eigenvalue weighted by Crippen LogP contribution is -2.47. The molecular weight excluding hydrogens is 964 g/mol. The predicted octanol–water partition coefficient (Wildman–Crippen LogP) is 20.1. The van der Waals surface area contributed by atoms with E-state index in [9.17, 15) is 19.0 Å². The van der Waals surface area contributed by atoms with E-state index in [0.29, 0.717) is 23.9 Å². The molecule has 0 rings (SSSR count). The van der Waals surface area contributed by atoms with Gasteiger partial charge in [-0.3, -0.25) is 18.6 Å². The summed E-state index contributed by atoms with van der Waals surface area (Å²) in [5.41, 5.74) is 0. The number of unbranched alkanes of at least 4 members (excludes halogenated alkanes) is 37. The van der Waals surface area contributed by atoms with Crippen molar-refractivity contribution < 1.29 is 37.3 Å². The molecule has 0 saturated carbocycles. The Morgan fingerprint density at radius 2 is 0.842 bits per heavy atom. The quantitative estimate of drug-likeness (QED) is 0.0205. The number of carbonyl (C=O) groups is 2. The van der Waals surface area contributed by atoms with Gasteiger partial charge in [-0.2, -0.15) is 0 Å². The molecule has 0 aliphatic rings. The van der Waals surface area contributed by atoms with Crippen LogP contribution in [0.3, 0.4) is 0 Å². The van der Waals surface area contributed by atoms with Gasteiger partial charge in [0.05, 0.1) is 33.8 Å². The Kier molecular flexibility index (Phi) is 54.7. The Morgan fingerprint density at radius 3 is 1.26 bits per heavy atom. The molecule has 3 unspecified atom stereocenters. The number of esters is 1. The van der Waals surface area contributed by atoms with Crippen LogP contribution in [0, 0.1) is 0 Å². The van der Waals surface area contributed by atoms with Gasteiger partial charge in [0, 0.05) is 12.8 Å². The summed E-state index contributed by atoms with van der Waals surface area (Å²) in [6, 6.07) is -0.850. The maximum atomic E-state index is 13.5. The highest BCUT2D eigenvalue weighted by atomic mass is 31.2. The lowest BCUT2D eigenvalue weighted by molar-refractivity contribution is -0.870. The summed E-state index contributed by atoms with van der Waals surface area (Å²) in [6.07, 6.45) is 69.8. The van der Waals surface area contributed by atoms with Gasteiger partial charge in [0.1, 0.15) is 19.3 Å².